The van der Waals surface area contributed by atoms with Crippen LogP contribution in [0.2, 0.25) is 0 Å². The number of carbonyl (C=O) groups is 3. The Morgan fingerprint density at radius 1 is 1.03 bits per heavy atom. The van der Waals surface area contributed by atoms with Crippen LogP contribution in [-0.2, 0) is 17.8 Å². The Labute approximate surface area is 196 Å². The fourth-order valence-electron chi connectivity index (χ4n) is 4.29. The van der Waals surface area contributed by atoms with Crippen LogP contribution in [0.25, 0.3) is 0 Å². The molecule has 0 saturated carbocycles. The van der Waals surface area contributed by atoms with Gasteiger partial charge < -0.3 is 15.2 Å². The van der Waals surface area contributed by atoms with Crippen LogP contribution < -0.4 is 5.73 Å². The lowest BCUT2D eigenvalue weighted by molar-refractivity contribution is -0.132. The average molecular weight is 453 g/mol. The Morgan fingerprint density at radius 3 is 2.30 bits per heavy atom. The summed E-state index contributed by atoms with van der Waals surface area (Å²) in [5.41, 5.74) is 8.41. The van der Waals surface area contributed by atoms with E-state index >= 15 is 0 Å². The van der Waals surface area contributed by atoms with E-state index in [4.69, 9.17) is 5.73 Å². The number of piperazine rings is 1. The van der Waals surface area contributed by atoms with Crippen LogP contribution in [0.4, 0.5) is 0 Å². The number of carbonyl (C=O) groups excluding carboxylic acids is 3. The fraction of sp³-hybridized carbons (Fsp3) is 0.500. The van der Waals surface area contributed by atoms with Crippen LogP contribution in [0.3, 0.4) is 0 Å². The van der Waals surface area contributed by atoms with E-state index in [0.29, 0.717) is 56.3 Å². The molecule has 33 heavy (non-hydrogen) atoms. The summed E-state index contributed by atoms with van der Waals surface area (Å²) in [5, 5.41) is 0. The lowest BCUT2D eigenvalue weighted by atomic mass is 10.1. The molecule has 7 heteroatoms. The number of ketones is 1. The standard InChI is InChI=1S/C26H36N4O3/c1-19(2)11-12-30-20(3)22(26(27)33)17-23(30)24(31)18-28-13-15-29(16-14-28)25(32)10-9-21-7-5-4-6-8-21/h4-8,17,19H,9-16,18H2,1-3H3,(H2,27,33). The molecule has 2 N–H and O–H groups in total. The number of benzene rings is 1. The zero-order valence-electron chi connectivity index (χ0n) is 20.0. The molecule has 3 rings (SSSR count). The van der Waals surface area contributed by atoms with Gasteiger partial charge in [-0.2, -0.15) is 0 Å². The maximum atomic E-state index is 13.1. The molecule has 178 valence electrons. The second kappa shape index (κ2) is 11.3. The number of amides is 2. The molecule has 7 nitrogen and oxygen atoms in total. The van der Waals surface area contributed by atoms with Crippen molar-refractivity contribution in [3.05, 3.63) is 58.9 Å². The summed E-state index contributed by atoms with van der Waals surface area (Å²) < 4.78 is 1.94. The molecule has 2 aromatic rings. The zero-order chi connectivity index (χ0) is 24.0. The van der Waals surface area contributed by atoms with E-state index in [9.17, 15) is 14.4 Å². The SMILES string of the molecule is Cc1c(C(N)=O)cc(C(=O)CN2CCN(C(=O)CCc3ccccc3)CC2)n1CCC(C)C. The van der Waals surface area contributed by atoms with E-state index in [-0.39, 0.29) is 18.2 Å². The molecule has 0 atom stereocenters. The van der Waals surface area contributed by atoms with Gasteiger partial charge in [0.1, 0.15) is 0 Å². The molecule has 1 aliphatic heterocycles. The van der Waals surface area contributed by atoms with E-state index in [2.05, 4.69) is 18.7 Å². The van der Waals surface area contributed by atoms with Crippen LogP contribution in [0.5, 0.6) is 0 Å². The minimum absolute atomic E-state index is 0.0155. The molecule has 0 radical (unpaired) electrons. The molecule has 0 spiro atoms. The first-order valence-electron chi connectivity index (χ1n) is 11.8. The quantitative estimate of drug-likeness (QED) is 0.562. The monoisotopic (exact) mass is 452 g/mol. The third-order valence-electron chi connectivity index (χ3n) is 6.41. The molecule has 2 heterocycles. The number of hydrogen-bond donors (Lipinski definition) is 1. The average Bonchev–Trinajstić information content (AvgIpc) is 3.13. The Balaban J connectivity index is 1.56. The van der Waals surface area contributed by atoms with Gasteiger partial charge in [0.25, 0.3) is 5.91 Å². The van der Waals surface area contributed by atoms with Crippen molar-refractivity contribution >= 4 is 17.6 Å². The second-order valence-electron chi connectivity index (χ2n) is 9.29. The van der Waals surface area contributed by atoms with Gasteiger partial charge in [0.2, 0.25) is 5.91 Å². The van der Waals surface area contributed by atoms with Crippen LogP contribution in [0, 0.1) is 12.8 Å². The molecule has 0 aliphatic carbocycles. The maximum absolute atomic E-state index is 13.1. The predicted octanol–water partition coefficient (Wildman–Crippen LogP) is 2.90. The summed E-state index contributed by atoms with van der Waals surface area (Å²) in [4.78, 5) is 41.5. The molecule has 0 bridgehead atoms. The van der Waals surface area contributed by atoms with Gasteiger partial charge in [-0.05, 0) is 37.3 Å². The first kappa shape index (κ1) is 24.7. The van der Waals surface area contributed by atoms with Crippen LogP contribution in [0.1, 0.15) is 58.8 Å². The van der Waals surface area contributed by atoms with E-state index in [1.54, 1.807) is 6.07 Å². The highest BCUT2D eigenvalue weighted by Gasteiger charge is 2.25. The number of nitrogens with zero attached hydrogens (tertiary/aromatic N) is 3. The molecule has 1 aromatic carbocycles. The Hall–Kier alpha value is -2.93. The Bertz CT molecular complexity index is 973. The summed E-state index contributed by atoms with van der Waals surface area (Å²) >= 11 is 0. The van der Waals surface area contributed by atoms with Crippen molar-refractivity contribution in [1.29, 1.82) is 0 Å². The highest BCUT2D eigenvalue weighted by Crippen LogP contribution is 2.19. The number of primary amides is 1. The van der Waals surface area contributed by atoms with Gasteiger partial charge >= 0.3 is 0 Å². The minimum atomic E-state index is -0.507. The Kier molecular flexibility index (Phi) is 8.44. The largest absolute Gasteiger partial charge is 0.366 e. The molecule has 1 aliphatic rings. The van der Waals surface area contributed by atoms with Crippen LogP contribution >= 0.6 is 0 Å². The summed E-state index contributed by atoms with van der Waals surface area (Å²) in [7, 11) is 0. The normalized spacial score (nSPS) is 14.6. The van der Waals surface area contributed by atoms with Gasteiger partial charge in [-0.25, -0.2) is 0 Å². The van der Waals surface area contributed by atoms with Crippen molar-refractivity contribution in [2.75, 3.05) is 32.7 Å². The molecule has 1 saturated heterocycles. The molecular formula is C26H36N4O3. The smallest absolute Gasteiger partial charge is 0.250 e. The van der Waals surface area contributed by atoms with Gasteiger partial charge in [-0.1, -0.05) is 44.2 Å². The van der Waals surface area contributed by atoms with Crippen molar-refractivity contribution < 1.29 is 14.4 Å². The number of aryl methyl sites for hydroxylation is 1. The molecular weight excluding hydrogens is 416 g/mol. The number of aromatic nitrogens is 1. The predicted molar refractivity (Wildman–Crippen MR) is 129 cm³/mol. The van der Waals surface area contributed by atoms with Crippen LogP contribution in [-0.4, -0.2) is 64.7 Å². The third-order valence-corrected chi connectivity index (χ3v) is 6.41. The van der Waals surface area contributed by atoms with Crippen molar-refractivity contribution in [2.24, 2.45) is 11.7 Å². The van der Waals surface area contributed by atoms with Crippen molar-refractivity contribution in [3.63, 3.8) is 0 Å². The third kappa shape index (κ3) is 6.54. The second-order valence-corrected chi connectivity index (χ2v) is 9.29. The minimum Gasteiger partial charge on any atom is -0.366 e. The lowest BCUT2D eigenvalue weighted by Gasteiger charge is -2.34. The maximum Gasteiger partial charge on any atom is 0.250 e. The zero-order valence-corrected chi connectivity index (χ0v) is 20.0. The first-order valence-corrected chi connectivity index (χ1v) is 11.8. The van der Waals surface area contributed by atoms with Crippen molar-refractivity contribution in [2.45, 2.75) is 46.6 Å². The number of nitrogens with two attached hydrogens (primary N) is 1. The van der Waals surface area contributed by atoms with E-state index in [1.165, 1.54) is 5.56 Å². The van der Waals surface area contributed by atoms with E-state index in [1.807, 2.05) is 46.7 Å². The Morgan fingerprint density at radius 2 is 1.70 bits per heavy atom. The van der Waals surface area contributed by atoms with Crippen molar-refractivity contribution in [1.82, 2.24) is 14.4 Å². The van der Waals surface area contributed by atoms with E-state index in [0.717, 1.165) is 18.5 Å². The topological polar surface area (TPSA) is 88.6 Å². The van der Waals surface area contributed by atoms with Gasteiger partial charge in [0.05, 0.1) is 17.8 Å². The molecule has 1 fully saturated rings. The summed E-state index contributed by atoms with van der Waals surface area (Å²) in [6.45, 7) is 9.65. The van der Waals surface area contributed by atoms with Gasteiger partial charge in [0.15, 0.2) is 5.78 Å². The highest BCUT2D eigenvalue weighted by molar-refractivity contribution is 6.01. The molecule has 2 amide bonds. The molecule has 0 unspecified atom stereocenters. The van der Waals surface area contributed by atoms with Crippen LogP contribution in [0.15, 0.2) is 36.4 Å². The fourth-order valence-corrected chi connectivity index (χ4v) is 4.29. The van der Waals surface area contributed by atoms with Crippen molar-refractivity contribution in [3.8, 4) is 0 Å². The summed E-state index contributed by atoms with van der Waals surface area (Å²) in [6.07, 6.45) is 2.16. The molecule has 1 aromatic heterocycles. The summed E-state index contributed by atoms with van der Waals surface area (Å²) in [6, 6.07) is 11.7. The van der Waals surface area contributed by atoms with Gasteiger partial charge in [-0.15, -0.1) is 0 Å². The first-order chi connectivity index (χ1) is 15.8. The van der Waals surface area contributed by atoms with E-state index < -0.39 is 5.91 Å². The number of hydrogen-bond acceptors (Lipinski definition) is 4. The lowest BCUT2D eigenvalue weighted by Crippen LogP contribution is -2.50. The van der Waals surface area contributed by atoms with Gasteiger partial charge in [0, 0.05) is 44.8 Å². The summed E-state index contributed by atoms with van der Waals surface area (Å²) in [5.74, 6) is 0.124. The highest BCUT2D eigenvalue weighted by atomic mass is 16.2. The number of Topliss-reactive ketones (excluding diaryl/α,β-unsaturated/α-hetero) is 1. The van der Waals surface area contributed by atoms with Gasteiger partial charge in [-0.3, -0.25) is 19.3 Å². The number of rotatable bonds is 10.